The van der Waals surface area contributed by atoms with Gasteiger partial charge in [-0.05, 0) is 29.5 Å². The Hall–Kier alpha value is -1.84. The third-order valence-electron chi connectivity index (χ3n) is 2.93. The standard InChI is InChI=1S/C15H19N3/c1-15(2,8-3-9-16)12-18-11-14-6-4-13(10-17)5-7-14/h4-7,18H,3,8,11-12H2,1-2H3. The van der Waals surface area contributed by atoms with Crippen LogP contribution in [0.4, 0.5) is 0 Å². The first-order valence-electron chi connectivity index (χ1n) is 6.14. The fourth-order valence-electron chi connectivity index (χ4n) is 1.73. The minimum atomic E-state index is 0.141. The number of benzene rings is 1. The Kier molecular flexibility index (Phi) is 5.36. The second-order valence-electron chi connectivity index (χ2n) is 5.23. The van der Waals surface area contributed by atoms with Crippen LogP contribution in [-0.2, 0) is 6.54 Å². The van der Waals surface area contributed by atoms with Crippen LogP contribution in [0.15, 0.2) is 24.3 Å². The molecular formula is C15H19N3. The van der Waals surface area contributed by atoms with Gasteiger partial charge in [-0.1, -0.05) is 26.0 Å². The number of nitrogens with zero attached hydrogens (tertiary/aromatic N) is 2. The summed E-state index contributed by atoms with van der Waals surface area (Å²) in [7, 11) is 0. The van der Waals surface area contributed by atoms with E-state index in [0.717, 1.165) is 19.5 Å². The van der Waals surface area contributed by atoms with Crippen molar-refractivity contribution in [1.29, 1.82) is 10.5 Å². The van der Waals surface area contributed by atoms with Crippen LogP contribution in [0.3, 0.4) is 0 Å². The second-order valence-corrected chi connectivity index (χ2v) is 5.23. The molecule has 0 aliphatic rings. The lowest BCUT2D eigenvalue weighted by Crippen LogP contribution is -2.29. The highest BCUT2D eigenvalue weighted by Crippen LogP contribution is 2.20. The smallest absolute Gasteiger partial charge is 0.0991 e. The Morgan fingerprint density at radius 3 is 2.39 bits per heavy atom. The molecule has 0 heterocycles. The first-order valence-corrected chi connectivity index (χ1v) is 6.14. The van der Waals surface area contributed by atoms with Crippen molar-refractivity contribution in [3.05, 3.63) is 35.4 Å². The largest absolute Gasteiger partial charge is 0.312 e. The van der Waals surface area contributed by atoms with Crippen molar-refractivity contribution < 1.29 is 0 Å². The molecule has 1 N–H and O–H groups in total. The first kappa shape index (κ1) is 14.2. The van der Waals surface area contributed by atoms with Gasteiger partial charge in [-0.15, -0.1) is 0 Å². The quantitative estimate of drug-likeness (QED) is 0.833. The van der Waals surface area contributed by atoms with Crippen molar-refractivity contribution in [3.63, 3.8) is 0 Å². The van der Waals surface area contributed by atoms with E-state index < -0.39 is 0 Å². The molecule has 0 saturated heterocycles. The Labute approximate surface area is 109 Å². The monoisotopic (exact) mass is 241 g/mol. The molecule has 3 nitrogen and oxygen atoms in total. The molecule has 1 aromatic rings. The Morgan fingerprint density at radius 1 is 1.17 bits per heavy atom. The third-order valence-corrected chi connectivity index (χ3v) is 2.93. The van der Waals surface area contributed by atoms with Crippen LogP contribution in [0, 0.1) is 28.1 Å². The highest BCUT2D eigenvalue weighted by molar-refractivity contribution is 5.31. The van der Waals surface area contributed by atoms with E-state index in [1.54, 1.807) is 0 Å². The molecule has 3 heteroatoms. The lowest BCUT2D eigenvalue weighted by atomic mass is 9.88. The second kappa shape index (κ2) is 6.79. The van der Waals surface area contributed by atoms with Crippen LogP contribution in [0.1, 0.15) is 37.8 Å². The maximum absolute atomic E-state index is 8.70. The average molecular weight is 241 g/mol. The van der Waals surface area contributed by atoms with Crippen LogP contribution in [0.25, 0.3) is 0 Å². The molecule has 0 aromatic heterocycles. The number of hydrogen-bond donors (Lipinski definition) is 1. The summed E-state index contributed by atoms with van der Waals surface area (Å²) in [6, 6.07) is 11.9. The van der Waals surface area contributed by atoms with Crippen molar-refractivity contribution in [3.8, 4) is 12.1 Å². The number of nitrogens with one attached hydrogen (secondary N) is 1. The van der Waals surface area contributed by atoms with Gasteiger partial charge in [0.15, 0.2) is 0 Å². The van der Waals surface area contributed by atoms with Gasteiger partial charge in [-0.25, -0.2) is 0 Å². The molecule has 0 bridgehead atoms. The SMILES string of the molecule is CC(C)(CCC#N)CNCc1ccc(C#N)cc1. The molecule has 0 fully saturated rings. The third kappa shape index (κ3) is 4.99. The zero-order valence-electron chi connectivity index (χ0n) is 11.0. The molecule has 1 aromatic carbocycles. The minimum Gasteiger partial charge on any atom is -0.312 e. The van der Waals surface area contributed by atoms with Gasteiger partial charge in [-0.2, -0.15) is 10.5 Å². The van der Waals surface area contributed by atoms with E-state index in [9.17, 15) is 0 Å². The summed E-state index contributed by atoms with van der Waals surface area (Å²) < 4.78 is 0. The zero-order chi connectivity index (χ0) is 13.4. The molecule has 0 spiro atoms. The minimum absolute atomic E-state index is 0.141. The van der Waals surface area contributed by atoms with E-state index in [4.69, 9.17) is 10.5 Å². The fraction of sp³-hybridized carbons (Fsp3) is 0.467. The van der Waals surface area contributed by atoms with Gasteiger partial charge < -0.3 is 5.32 Å². The Balaban J connectivity index is 2.37. The lowest BCUT2D eigenvalue weighted by molar-refractivity contribution is 0.317. The van der Waals surface area contributed by atoms with Crippen LogP contribution in [0.2, 0.25) is 0 Å². The van der Waals surface area contributed by atoms with E-state index in [1.165, 1.54) is 5.56 Å². The molecule has 0 atom stereocenters. The Morgan fingerprint density at radius 2 is 1.83 bits per heavy atom. The maximum Gasteiger partial charge on any atom is 0.0991 e. The Bertz CT molecular complexity index is 446. The predicted octanol–water partition coefficient (Wildman–Crippen LogP) is 2.98. The summed E-state index contributed by atoms with van der Waals surface area (Å²) in [5, 5.41) is 20.7. The zero-order valence-corrected chi connectivity index (χ0v) is 11.0. The molecule has 0 radical (unpaired) electrons. The molecule has 0 amide bonds. The van der Waals surface area contributed by atoms with Gasteiger partial charge >= 0.3 is 0 Å². The highest BCUT2D eigenvalue weighted by atomic mass is 14.9. The summed E-state index contributed by atoms with van der Waals surface area (Å²) >= 11 is 0. The average Bonchev–Trinajstić information content (AvgIpc) is 2.37. The van der Waals surface area contributed by atoms with Crippen LogP contribution >= 0.6 is 0 Å². The number of rotatable bonds is 6. The van der Waals surface area contributed by atoms with Gasteiger partial charge in [0.25, 0.3) is 0 Å². The van der Waals surface area contributed by atoms with Crippen LogP contribution in [-0.4, -0.2) is 6.54 Å². The molecule has 0 aliphatic heterocycles. The molecule has 94 valence electrons. The molecule has 0 aliphatic carbocycles. The van der Waals surface area contributed by atoms with E-state index in [2.05, 4.69) is 31.3 Å². The van der Waals surface area contributed by atoms with Gasteiger partial charge in [0, 0.05) is 19.5 Å². The summed E-state index contributed by atoms with van der Waals surface area (Å²) in [4.78, 5) is 0. The fourth-order valence-corrected chi connectivity index (χ4v) is 1.73. The van der Waals surface area contributed by atoms with Crippen LogP contribution in [0.5, 0.6) is 0 Å². The summed E-state index contributed by atoms with van der Waals surface area (Å²) in [6.07, 6.45) is 1.51. The van der Waals surface area contributed by atoms with Gasteiger partial charge in [0.1, 0.15) is 0 Å². The van der Waals surface area contributed by atoms with E-state index in [0.29, 0.717) is 12.0 Å². The number of nitriles is 2. The van der Waals surface area contributed by atoms with Gasteiger partial charge in [-0.3, -0.25) is 0 Å². The summed E-state index contributed by atoms with van der Waals surface area (Å²) in [5.41, 5.74) is 2.00. The normalized spacial score (nSPS) is 10.7. The molecule has 0 saturated carbocycles. The van der Waals surface area contributed by atoms with E-state index >= 15 is 0 Å². The maximum atomic E-state index is 8.70. The topological polar surface area (TPSA) is 59.6 Å². The predicted molar refractivity (Wildman–Crippen MR) is 71.5 cm³/mol. The van der Waals surface area contributed by atoms with Crippen molar-refractivity contribution in [2.75, 3.05) is 6.54 Å². The van der Waals surface area contributed by atoms with Crippen LogP contribution < -0.4 is 5.32 Å². The van der Waals surface area contributed by atoms with Crippen molar-refractivity contribution in [2.24, 2.45) is 5.41 Å². The van der Waals surface area contributed by atoms with E-state index in [1.807, 2.05) is 24.3 Å². The van der Waals surface area contributed by atoms with E-state index in [-0.39, 0.29) is 5.41 Å². The molecule has 0 unspecified atom stereocenters. The van der Waals surface area contributed by atoms with Crippen molar-refractivity contribution >= 4 is 0 Å². The molecular weight excluding hydrogens is 222 g/mol. The number of hydrogen-bond acceptors (Lipinski definition) is 3. The summed E-state index contributed by atoms with van der Waals surface area (Å²) in [6.45, 7) is 6.00. The highest BCUT2D eigenvalue weighted by Gasteiger charge is 2.16. The van der Waals surface area contributed by atoms with Crippen molar-refractivity contribution in [1.82, 2.24) is 5.32 Å². The van der Waals surface area contributed by atoms with Gasteiger partial charge in [0.05, 0.1) is 17.7 Å². The lowest BCUT2D eigenvalue weighted by Gasteiger charge is -2.23. The molecule has 1 rings (SSSR count). The van der Waals surface area contributed by atoms with Gasteiger partial charge in [0.2, 0.25) is 0 Å². The first-order chi connectivity index (χ1) is 8.57. The van der Waals surface area contributed by atoms with Crippen molar-refractivity contribution in [2.45, 2.75) is 33.2 Å². The molecule has 18 heavy (non-hydrogen) atoms. The summed E-state index contributed by atoms with van der Waals surface area (Å²) in [5.74, 6) is 0.